The quantitative estimate of drug-likeness (QED) is 0.823. The van der Waals surface area contributed by atoms with E-state index >= 15 is 0 Å². The Balaban J connectivity index is 2.35. The van der Waals surface area contributed by atoms with E-state index in [0.29, 0.717) is 15.7 Å². The van der Waals surface area contributed by atoms with Gasteiger partial charge >= 0.3 is 7.12 Å². The fourth-order valence-electron chi connectivity index (χ4n) is 2.13. The lowest BCUT2D eigenvalue weighted by atomic mass is 9.77. The zero-order valence-electron chi connectivity index (χ0n) is 14.4. The van der Waals surface area contributed by atoms with E-state index in [2.05, 4.69) is 10.3 Å². The fraction of sp³-hybridized carbons (Fsp3) is 0.500. The number of nitrogens with one attached hydrogen (secondary N) is 1. The molecule has 8 heteroatoms. The van der Waals surface area contributed by atoms with Gasteiger partial charge in [-0.3, -0.25) is 9.78 Å². The summed E-state index contributed by atoms with van der Waals surface area (Å²) in [6.45, 7) is 9.60. The van der Waals surface area contributed by atoms with E-state index < -0.39 is 18.3 Å². The third-order valence-electron chi connectivity index (χ3n) is 4.26. The van der Waals surface area contributed by atoms with Crippen molar-refractivity contribution in [3.63, 3.8) is 0 Å². The zero-order valence-corrected chi connectivity index (χ0v) is 16.0. The molecule has 0 aromatic carbocycles. The number of nitrogens with zero attached hydrogens (tertiary/aromatic N) is 1. The van der Waals surface area contributed by atoms with Crippen LogP contribution in [0.4, 0.5) is 0 Å². The molecule has 1 N–H and O–H groups in total. The van der Waals surface area contributed by atoms with Gasteiger partial charge in [-0.15, -0.1) is 0 Å². The van der Waals surface area contributed by atoms with Crippen molar-refractivity contribution in [1.82, 2.24) is 10.3 Å². The summed E-state index contributed by atoms with van der Waals surface area (Å²) in [6, 6.07) is 1.61. The second-order valence-electron chi connectivity index (χ2n) is 6.74. The van der Waals surface area contributed by atoms with Gasteiger partial charge in [0, 0.05) is 19.7 Å². The molecule has 0 radical (unpaired) electrons. The Kier molecular flexibility index (Phi) is 5.65. The SMILES string of the molecule is CC(=O)NCC(=Cc1ncc(Cl)cc1Cl)B1OC(C)(C)C(C)(C)O1. The van der Waals surface area contributed by atoms with Crippen LogP contribution in [0, 0.1) is 0 Å². The van der Waals surface area contributed by atoms with Gasteiger partial charge in [-0.05, 0) is 45.3 Å². The number of amides is 1. The third-order valence-corrected chi connectivity index (χ3v) is 4.77. The zero-order chi connectivity index (χ0) is 18.1. The van der Waals surface area contributed by atoms with Crippen molar-refractivity contribution >= 4 is 42.3 Å². The molecule has 5 nitrogen and oxygen atoms in total. The number of rotatable bonds is 4. The van der Waals surface area contributed by atoms with Crippen molar-refractivity contribution < 1.29 is 14.1 Å². The number of hydrogen-bond donors (Lipinski definition) is 1. The predicted molar refractivity (Wildman–Crippen MR) is 97.0 cm³/mol. The Morgan fingerprint density at radius 1 is 1.29 bits per heavy atom. The van der Waals surface area contributed by atoms with Crippen LogP contribution in [0.25, 0.3) is 6.08 Å². The average molecular weight is 371 g/mol. The van der Waals surface area contributed by atoms with E-state index in [9.17, 15) is 4.79 Å². The van der Waals surface area contributed by atoms with E-state index in [4.69, 9.17) is 32.5 Å². The molecule has 130 valence electrons. The van der Waals surface area contributed by atoms with Crippen LogP contribution >= 0.6 is 23.2 Å². The van der Waals surface area contributed by atoms with Crippen molar-refractivity contribution in [2.24, 2.45) is 0 Å². The van der Waals surface area contributed by atoms with Gasteiger partial charge in [-0.1, -0.05) is 23.2 Å². The molecular formula is C16H21BCl2N2O3. The largest absolute Gasteiger partial charge is 0.492 e. The average Bonchev–Trinajstić information content (AvgIpc) is 2.65. The highest BCUT2D eigenvalue weighted by Crippen LogP contribution is 2.38. The molecule has 1 aromatic heterocycles. The standard InChI is InChI=1S/C16H21BCl2N2O3/c1-10(22)20-8-11(6-14-13(19)7-12(18)9-21-14)17-23-15(2,3)16(4,5)24-17/h6-7,9H,8H2,1-5H3,(H,20,22). The summed E-state index contributed by atoms with van der Waals surface area (Å²) in [4.78, 5) is 15.5. The van der Waals surface area contributed by atoms with Crippen LogP contribution in [-0.4, -0.2) is 35.8 Å². The Morgan fingerprint density at radius 2 is 1.88 bits per heavy atom. The Morgan fingerprint density at radius 3 is 2.38 bits per heavy atom. The van der Waals surface area contributed by atoms with Gasteiger partial charge in [0.15, 0.2) is 0 Å². The molecule has 1 saturated heterocycles. The Hall–Kier alpha value is -1.08. The highest BCUT2D eigenvalue weighted by Gasteiger charge is 2.52. The maximum atomic E-state index is 11.3. The molecule has 0 spiro atoms. The van der Waals surface area contributed by atoms with Crippen molar-refractivity contribution in [3.05, 3.63) is 33.5 Å². The first-order valence-corrected chi connectivity index (χ1v) is 8.39. The number of carbonyl (C=O) groups is 1. The summed E-state index contributed by atoms with van der Waals surface area (Å²) >= 11 is 12.1. The minimum Gasteiger partial charge on any atom is -0.400 e. The van der Waals surface area contributed by atoms with Crippen molar-refractivity contribution in [3.8, 4) is 0 Å². The summed E-state index contributed by atoms with van der Waals surface area (Å²) in [5.41, 5.74) is 0.297. The number of halogens is 2. The van der Waals surface area contributed by atoms with E-state index in [1.165, 1.54) is 13.1 Å². The van der Waals surface area contributed by atoms with Gasteiger partial charge in [0.05, 0.1) is 26.9 Å². The number of carbonyl (C=O) groups excluding carboxylic acids is 1. The first kappa shape index (κ1) is 19.3. The molecule has 0 unspecified atom stereocenters. The lowest BCUT2D eigenvalue weighted by Crippen LogP contribution is -2.41. The smallest absolute Gasteiger partial charge is 0.400 e. The van der Waals surface area contributed by atoms with Gasteiger partial charge < -0.3 is 14.6 Å². The molecule has 1 aromatic rings. The normalized spacial score (nSPS) is 19.5. The Bertz CT molecular complexity index is 661. The van der Waals surface area contributed by atoms with Gasteiger partial charge in [-0.25, -0.2) is 0 Å². The molecule has 0 aliphatic carbocycles. The molecule has 1 aliphatic heterocycles. The highest BCUT2D eigenvalue weighted by molar-refractivity contribution is 6.56. The second-order valence-corrected chi connectivity index (χ2v) is 7.58. The van der Waals surface area contributed by atoms with Crippen LogP contribution < -0.4 is 5.32 Å². The summed E-state index contributed by atoms with van der Waals surface area (Å²) in [5, 5.41) is 3.64. The Labute approximate surface area is 152 Å². The van der Waals surface area contributed by atoms with Gasteiger partial charge in [0.2, 0.25) is 5.91 Å². The second kappa shape index (κ2) is 7.04. The third kappa shape index (κ3) is 4.31. The molecule has 0 atom stereocenters. The van der Waals surface area contributed by atoms with E-state index in [1.807, 2.05) is 27.7 Å². The maximum absolute atomic E-state index is 11.3. The van der Waals surface area contributed by atoms with Crippen LogP contribution in [0.3, 0.4) is 0 Å². The molecule has 1 amide bonds. The molecule has 0 saturated carbocycles. The lowest BCUT2D eigenvalue weighted by Gasteiger charge is -2.32. The lowest BCUT2D eigenvalue weighted by molar-refractivity contribution is -0.118. The van der Waals surface area contributed by atoms with Crippen molar-refractivity contribution in [1.29, 1.82) is 0 Å². The molecule has 2 heterocycles. The molecule has 1 aliphatic rings. The number of aromatic nitrogens is 1. The molecule has 24 heavy (non-hydrogen) atoms. The van der Waals surface area contributed by atoms with Crippen LogP contribution in [0.15, 0.2) is 17.7 Å². The first-order chi connectivity index (χ1) is 11.0. The monoisotopic (exact) mass is 370 g/mol. The fourth-order valence-corrected chi connectivity index (χ4v) is 2.56. The molecular weight excluding hydrogens is 350 g/mol. The summed E-state index contributed by atoms with van der Waals surface area (Å²) in [6.07, 6.45) is 3.27. The molecule has 2 rings (SSSR count). The first-order valence-electron chi connectivity index (χ1n) is 7.63. The van der Waals surface area contributed by atoms with Crippen LogP contribution in [0.1, 0.15) is 40.3 Å². The summed E-state index contributed by atoms with van der Waals surface area (Å²) in [5.74, 6) is -0.146. The van der Waals surface area contributed by atoms with Gasteiger partial charge in [-0.2, -0.15) is 0 Å². The van der Waals surface area contributed by atoms with E-state index in [-0.39, 0.29) is 12.5 Å². The van der Waals surface area contributed by atoms with Crippen LogP contribution in [0.5, 0.6) is 0 Å². The highest BCUT2D eigenvalue weighted by atomic mass is 35.5. The summed E-state index contributed by atoms with van der Waals surface area (Å²) < 4.78 is 12.1. The molecule has 1 fully saturated rings. The van der Waals surface area contributed by atoms with E-state index in [0.717, 1.165) is 5.47 Å². The maximum Gasteiger partial charge on any atom is 0.492 e. The predicted octanol–water partition coefficient (Wildman–Crippen LogP) is 3.54. The van der Waals surface area contributed by atoms with Gasteiger partial charge in [0.25, 0.3) is 0 Å². The number of pyridine rings is 1. The number of hydrogen-bond acceptors (Lipinski definition) is 4. The van der Waals surface area contributed by atoms with Crippen molar-refractivity contribution in [2.75, 3.05) is 6.54 Å². The minimum atomic E-state index is -0.601. The summed E-state index contributed by atoms with van der Waals surface area (Å²) in [7, 11) is -0.601. The minimum absolute atomic E-state index is 0.146. The topological polar surface area (TPSA) is 60.5 Å². The molecule has 0 bridgehead atoms. The van der Waals surface area contributed by atoms with Gasteiger partial charge in [0.1, 0.15) is 0 Å². The van der Waals surface area contributed by atoms with Crippen LogP contribution in [0.2, 0.25) is 10.0 Å². The van der Waals surface area contributed by atoms with E-state index in [1.54, 1.807) is 12.1 Å². The van der Waals surface area contributed by atoms with Crippen LogP contribution in [-0.2, 0) is 14.1 Å². The van der Waals surface area contributed by atoms with Crippen molar-refractivity contribution in [2.45, 2.75) is 45.8 Å².